The molecule has 26 heavy (non-hydrogen) atoms. The average molecular weight is 357 g/mol. The van der Waals surface area contributed by atoms with Crippen LogP contribution in [0.25, 0.3) is 0 Å². The van der Waals surface area contributed by atoms with Gasteiger partial charge in [0.15, 0.2) is 13.2 Å². The first-order chi connectivity index (χ1) is 12.6. The highest BCUT2D eigenvalue weighted by molar-refractivity contribution is 5.95. The maximum atomic E-state index is 11.6. The molecule has 0 fully saturated rings. The predicted octanol–water partition coefficient (Wildman–Crippen LogP) is 1.10. The SMILES string of the molecule is N#Cc1ccccc1OCC(=O)OCC(=O)NC(=O)NCc1ccco1. The quantitative estimate of drug-likeness (QED) is 0.709. The van der Waals surface area contributed by atoms with Crippen molar-refractivity contribution < 1.29 is 28.3 Å². The van der Waals surface area contributed by atoms with E-state index in [-0.39, 0.29) is 17.9 Å². The number of ether oxygens (including phenoxy) is 2. The van der Waals surface area contributed by atoms with Crippen molar-refractivity contribution in [2.45, 2.75) is 6.54 Å². The van der Waals surface area contributed by atoms with Gasteiger partial charge < -0.3 is 19.2 Å². The van der Waals surface area contributed by atoms with Gasteiger partial charge in [0.1, 0.15) is 17.6 Å². The summed E-state index contributed by atoms with van der Waals surface area (Å²) in [6.07, 6.45) is 1.45. The fourth-order valence-corrected chi connectivity index (χ4v) is 1.80. The molecule has 0 spiro atoms. The average Bonchev–Trinajstić information content (AvgIpc) is 3.17. The minimum atomic E-state index is -0.816. The fraction of sp³-hybridized carbons (Fsp3) is 0.176. The summed E-state index contributed by atoms with van der Waals surface area (Å²) in [6.45, 7) is -1.01. The van der Waals surface area contributed by atoms with Crippen molar-refractivity contribution in [2.24, 2.45) is 0 Å². The molecule has 9 nitrogen and oxygen atoms in total. The first kappa shape index (κ1) is 18.5. The zero-order valence-corrected chi connectivity index (χ0v) is 13.6. The van der Waals surface area contributed by atoms with E-state index in [1.165, 1.54) is 18.4 Å². The van der Waals surface area contributed by atoms with Crippen LogP contribution < -0.4 is 15.4 Å². The number of nitriles is 1. The number of rotatable bonds is 7. The Labute approximate surface area is 148 Å². The molecular weight excluding hydrogens is 342 g/mol. The van der Waals surface area contributed by atoms with Gasteiger partial charge in [-0.1, -0.05) is 12.1 Å². The molecule has 0 bridgehead atoms. The molecule has 0 aliphatic carbocycles. The summed E-state index contributed by atoms with van der Waals surface area (Å²) in [7, 11) is 0. The maximum absolute atomic E-state index is 11.6. The van der Waals surface area contributed by atoms with Crippen LogP contribution >= 0.6 is 0 Å². The summed E-state index contributed by atoms with van der Waals surface area (Å²) in [6, 6.07) is 10.9. The number of amides is 3. The number of hydrogen-bond acceptors (Lipinski definition) is 7. The molecule has 0 radical (unpaired) electrons. The third-order valence-electron chi connectivity index (χ3n) is 2.97. The number of nitrogens with zero attached hydrogens (tertiary/aromatic N) is 1. The first-order valence-corrected chi connectivity index (χ1v) is 7.46. The number of nitrogens with one attached hydrogen (secondary N) is 2. The summed E-state index contributed by atoms with van der Waals surface area (Å²) < 4.78 is 14.9. The lowest BCUT2D eigenvalue weighted by atomic mass is 10.2. The molecule has 0 saturated carbocycles. The van der Waals surface area contributed by atoms with E-state index < -0.39 is 31.1 Å². The molecule has 0 aliphatic rings. The summed E-state index contributed by atoms with van der Waals surface area (Å²) in [4.78, 5) is 34.6. The molecule has 0 saturated heterocycles. The zero-order valence-electron chi connectivity index (χ0n) is 13.6. The van der Waals surface area contributed by atoms with E-state index in [4.69, 9.17) is 19.2 Å². The van der Waals surface area contributed by atoms with Crippen molar-refractivity contribution in [3.63, 3.8) is 0 Å². The Hall–Kier alpha value is -3.80. The van der Waals surface area contributed by atoms with Crippen LogP contribution in [0.15, 0.2) is 47.1 Å². The Morgan fingerprint density at radius 1 is 1.12 bits per heavy atom. The third-order valence-corrected chi connectivity index (χ3v) is 2.97. The van der Waals surface area contributed by atoms with Crippen molar-refractivity contribution in [3.05, 3.63) is 54.0 Å². The standard InChI is InChI=1S/C17H15N3O6/c18-8-12-4-1-2-6-14(12)25-11-16(22)26-10-15(21)20-17(23)19-9-13-5-3-7-24-13/h1-7H,9-11H2,(H2,19,20,21,23). The molecule has 0 atom stereocenters. The van der Waals surface area contributed by atoms with Gasteiger partial charge in [0.05, 0.1) is 18.4 Å². The van der Waals surface area contributed by atoms with Crippen LogP contribution in [0, 0.1) is 11.3 Å². The van der Waals surface area contributed by atoms with Crippen LogP contribution in [0.2, 0.25) is 0 Å². The van der Waals surface area contributed by atoms with Gasteiger partial charge in [-0.25, -0.2) is 9.59 Å². The van der Waals surface area contributed by atoms with Gasteiger partial charge in [-0.15, -0.1) is 0 Å². The number of carbonyl (C=O) groups excluding carboxylic acids is 3. The minimum absolute atomic E-state index is 0.109. The zero-order chi connectivity index (χ0) is 18.8. The van der Waals surface area contributed by atoms with Gasteiger partial charge in [0.2, 0.25) is 0 Å². The van der Waals surface area contributed by atoms with Crippen LogP contribution in [0.4, 0.5) is 4.79 Å². The molecule has 1 aromatic carbocycles. The molecule has 2 aromatic rings. The molecule has 0 unspecified atom stereocenters. The smallest absolute Gasteiger partial charge is 0.344 e. The van der Waals surface area contributed by atoms with Crippen LogP contribution in [-0.4, -0.2) is 31.1 Å². The molecule has 2 N–H and O–H groups in total. The van der Waals surface area contributed by atoms with E-state index in [2.05, 4.69) is 5.32 Å². The second kappa shape index (κ2) is 9.48. The Kier molecular flexibility index (Phi) is 6.76. The Bertz CT molecular complexity index is 810. The van der Waals surface area contributed by atoms with Gasteiger partial charge in [-0.2, -0.15) is 5.26 Å². The van der Waals surface area contributed by atoms with E-state index >= 15 is 0 Å². The second-order valence-corrected chi connectivity index (χ2v) is 4.87. The van der Waals surface area contributed by atoms with Crippen molar-refractivity contribution >= 4 is 17.9 Å². The van der Waals surface area contributed by atoms with Crippen LogP contribution in [0.5, 0.6) is 5.75 Å². The number of furan rings is 1. The summed E-state index contributed by atoms with van der Waals surface area (Å²) >= 11 is 0. The highest BCUT2D eigenvalue weighted by Crippen LogP contribution is 2.16. The van der Waals surface area contributed by atoms with Crippen molar-refractivity contribution in [3.8, 4) is 11.8 Å². The normalized spacial score (nSPS) is 9.65. The number of carbonyl (C=O) groups is 3. The van der Waals surface area contributed by atoms with E-state index in [0.29, 0.717) is 5.76 Å². The van der Waals surface area contributed by atoms with E-state index in [9.17, 15) is 14.4 Å². The van der Waals surface area contributed by atoms with E-state index in [1.807, 2.05) is 11.4 Å². The summed E-state index contributed by atoms with van der Waals surface area (Å²) in [5.74, 6) is -0.862. The second-order valence-electron chi connectivity index (χ2n) is 4.87. The Morgan fingerprint density at radius 2 is 1.92 bits per heavy atom. The molecule has 1 aromatic heterocycles. The highest BCUT2D eigenvalue weighted by atomic mass is 16.6. The minimum Gasteiger partial charge on any atom is -0.481 e. The van der Waals surface area contributed by atoms with Crippen LogP contribution in [0.1, 0.15) is 11.3 Å². The molecule has 134 valence electrons. The lowest BCUT2D eigenvalue weighted by molar-refractivity contribution is -0.150. The monoisotopic (exact) mass is 357 g/mol. The van der Waals surface area contributed by atoms with Gasteiger partial charge >= 0.3 is 12.0 Å². The maximum Gasteiger partial charge on any atom is 0.344 e. The Balaban J connectivity index is 1.65. The lowest BCUT2D eigenvalue weighted by Crippen LogP contribution is -2.41. The van der Waals surface area contributed by atoms with Gasteiger partial charge in [0, 0.05) is 0 Å². The van der Waals surface area contributed by atoms with Crippen LogP contribution in [0.3, 0.4) is 0 Å². The molecule has 9 heteroatoms. The molecule has 2 rings (SSSR count). The fourth-order valence-electron chi connectivity index (χ4n) is 1.80. The van der Waals surface area contributed by atoms with E-state index in [1.54, 1.807) is 24.3 Å². The molecule has 0 aliphatic heterocycles. The Morgan fingerprint density at radius 3 is 2.65 bits per heavy atom. The summed E-state index contributed by atoms with van der Waals surface area (Å²) in [5, 5.41) is 13.3. The molecular formula is C17H15N3O6. The number of hydrogen-bond donors (Lipinski definition) is 2. The molecule has 3 amide bonds. The highest BCUT2D eigenvalue weighted by Gasteiger charge is 2.12. The van der Waals surface area contributed by atoms with Crippen molar-refractivity contribution in [2.75, 3.05) is 13.2 Å². The van der Waals surface area contributed by atoms with Crippen LogP contribution in [-0.2, 0) is 20.9 Å². The van der Waals surface area contributed by atoms with Gasteiger partial charge in [-0.05, 0) is 24.3 Å². The first-order valence-electron chi connectivity index (χ1n) is 7.46. The van der Waals surface area contributed by atoms with Crippen molar-refractivity contribution in [1.82, 2.24) is 10.6 Å². The third kappa shape index (κ3) is 6.01. The lowest BCUT2D eigenvalue weighted by Gasteiger charge is -2.08. The topological polar surface area (TPSA) is 131 Å². The number of esters is 1. The number of benzene rings is 1. The largest absolute Gasteiger partial charge is 0.481 e. The number of imide groups is 1. The summed E-state index contributed by atoms with van der Waals surface area (Å²) in [5.41, 5.74) is 0.270. The number of para-hydroxylation sites is 1. The predicted molar refractivity (Wildman–Crippen MR) is 86.7 cm³/mol. The van der Waals surface area contributed by atoms with Gasteiger partial charge in [0.25, 0.3) is 5.91 Å². The number of urea groups is 1. The molecule has 1 heterocycles. The van der Waals surface area contributed by atoms with E-state index in [0.717, 1.165) is 0 Å². The van der Waals surface area contributed by atoms with Gasteiger partial charge in [-0.3, -0.25) is 10.1 Å². The van der Waals surface area contributed by atoms with Crippen molar-refractivity contribution in [1.29, 1.82) is 5.26 Å².